The lowest BCUT2D eigenvalue weighted by molar-refractivity contribution is -0.385. The van der Waals surface area contributed by atoms with Gasteiger partial charge in [0.05, 0.1) is 10.5 Å². The summed E-state index contributed by atoms with van der Waals surface area (Å²) in [7, 11) is 0. The van der Waals surface area contributed by atoms with Gasteiger partial charge in [0, 0.05) is 32.7 Å². The Hall–Kier alpha value is -2.95. The first-order valence-electron chi connectivity index (χ1n) is 8.55. The molecule has 1 fully saturated rings. The Morgan fingerprint density at radius 1 is 1.21 bits per heavy atom. The molecule has 0 saturated carbocycles. The second kappa shape index (κ2) is 7.97. The van der Waals surface area contributed by atoms with Crippen molar-refractivity contribution in [2.24, 2.45) is 0 Å². The minimum atomic E-state index is -4.37. The summed E-state index contributed by atoms with van der Waals surface area (Å²) in [4.78, 5) is 26.0. The summed E-state index contributed by atoms with van der Waals surface area (Å²) in [6, 6.07) is 5.22. The molecule has 0 bridgehead atoms. The zero-order valence-electron chi connectivity index (χ0n) is 14.8. The first-order valence-corrected chi connectivity index (χ1v) is 8.55. The van der Waals surface area contributed by atoms with Gasteiger partial charge < -0.3 is 4.90 Å². The summed E-state index contributed by atoms with van der Waals surface area (Å²) >= 11 is 0. The van der Waals surface area contributed by atoms with Crippen molar-refractivity contribution >= 4 is 11.6 Å². The molecule has 28 heavy (non-hydrogen) atoms. The molecular formula is C17H18F3N5O3. The Morgan fingerprint density at radius 3 is 2.54 bits per heavy atom. The van der Waals surface area contributed by atoms with Gasteiger partial charge in [0.2, 0.25) is 5.91 Å². The van der Waals surface area contributed by atoms with Gasteiger partial charge in [-0.3, -0.25) is 24.5 Å². The van der Waals surface area contributed by atoms with Crippen LogP contribution in [0.5, 0.6) is 0 Å². The molecule has 0 N–H and O–H groups in total. The van der Waals surface area contributed by atoms with Gasteiger partial charge in [0.15, 0.2) is 0 Å². The van der Waals surface area contributed by atoms with Crippen molar-refractivity contribution in [1.82, 2.24) is 19.6 Å². The van der Waals surface area contributed by atoms with Gasteiger partial charge in [-0.05, 0) is 11.6 Å². The van der Waals surface area contributed by atoms with Crippen LogP contribution < -0.4 is 0 Å². The molecule has 2 aromatic rings. The maximum atomic E-state index is 12.8. The number of piperazine rings is 1. The molecule has 0 spiro atoms. The number of nitro groups is 1. The number of alkyl halides is 3. The molecular weight excluding hydrogens is 379 g/mol. The van der Waals surface area contributed by atoms with Crippen LogP contribution in [0.2, 0.25) is 0 Å². The highest BCUT2D eigenvalue weighted by Crippen LogP contribution is 2.29. The summed E-state index contributed by atoms with van der Waals surface area (Å²) in [6.07, 6.45) is -2.09. The predicted octanol–water partition coefficient (Wildman–Crippen LogP) is 2.15. The fourth-order valence-corrected chi connectivity index (χ4v) is 3.03. The van der Waals surface area contributed by atoms with Crippen LogP contribution in [-0.4, -0.2) is 56.6 Å². The van der Waals surface area contributed by atoms with Gasteiger partial charge >= 0.3 is 11.9 Å². The minimum Gasteiger partial charge on any atom is -0.339 e. The molecule has 1 aliphatic heterocycles. The predicted molar refractivity (Wildman–Crippen MR) is 92.2 cm³/mol. The lowest BCUT2D eigenvalue weighted by Crippen LogP contribution is -2.49. The second-order valence-electron chi connectivity index (χ2n) is 6.51. The third kappa shape index (κ3) is 4.85. The number of nitrogens with zero attached hydrogens (tertiary/aromatic N) is 5. The number of carbonyl (C=O) groups excluding carboxylic acids is 1. The first kappa shape index (κ1) is 19.8. The lowest BCUT2D eigenvalue weighted by atomic mass is 10.1. The van der Waals surface area contributed by atoms with Crippen LogP contribution in [0.15, 0.2) is 36.7 Å². The molecule has 1 aliphatic rings. The highest BCUT2D eigenvalue weighted by molar-refractivity contribution is 5.76. The third-order valence-electron chi connectivity index (χ3n) is 4.51. The van der Waals surface area contributed by atoms with E-state index in [-0.39, 0.29) is 18.1 Å². The number of amides is 1. The van der Waals surface area contributed by atoms with Crippen molar-refractivity contribution in [2.75, 3.05) is 26.2 Å². The van der Waals surface area contributed by atoms with Crippen LogP contribution in [0.4, 0.5) is 18.9 Å². The summed E-state index contributed by atoms with van der Waals surface area (Å²) in [5.41, 5.74) is -0.288. The van der Waals surface area contributed by atoms with Crippen molar-refractivity contribution in [1.29, 1.82) is 0 Å². The van der Waals surface area contributed by atoms with Crippen LogP contribution in [0.25, 0.3) is 0 Å². The Bertz CT molecular complexity index is 860. The van der Waals surface area contributed by atoms with Gasteiger partial charge in [-0.1, -0.05) is 18.2 Å². The van der Waals surface area contributed by atoms with E-state index in [9.17, 15) is 28.1 Å². The van der Waals surface area contributed by atoms with Gasteiger partial charge in [0.25, 0.3) is 0 Å². The normalized spacial score (nSPS) is 15.6. The fourth-order valence-electron chi connectivity index (χ4n) is 3.03. The molecule has 2 heterocycles. The number of rotatable bonds is 5. The number of carbonyl (C=O) groups is 1. The van der Waals surface area contributed by atoms with Crippen molar-refractivity contribution in [2.45, 2.75) is 19.3 Å². The van der Waals surface area contributed by atoms with E-state index in [1.165, 1.54) is 16.9 Å². The Labute approximate surface area is 158 Å². The Balaban J connectivity index is 1.51. The largest absolute Gasteiger partial charge is 0.416 e. The number of benzene rings is 1. The Morgan fingerprint density at radius 2 is 1.93 bits per heavy atom. The van der Waals surface area contributed by atoms with Crippen molar-refractivity contribution < 1.29 is 22.9 Å². The minimum absolute atomic E-state index is 0.0958. The molecule has 8 nitrogen and oxygen atoms in total. The highest BCUT2D eigenvalue weighted by atomic mass is 19.4. The van der Waals surface area contributed by atoms with E-state index in [0.717, 1.165) is 18.3 Å². The van der Waals surface area contributed by atoms with Gasteiger partial charge in [-0.15, -0.1) is 0 Å². The van der Waals surface area contributed by atoms with Crippen LogP contribution in [0.3, 0.4) is 0 Å². The number of hydrogen-bond acceptors (Lipinski definition) is 5. The topological polar surface area (TPSA) is 84.5 Å². The standard InChI is InChI=1S/C17H18F3N5O3/c18-17(19,20)14-3-1-2-13(8-14)10-22-4-6-23(7-5-22)16(26)12-24-11-15(9-21-24)25(27)28/h1-3,8-9,11H,4-7,10,12H2. The lowest BCUT2D eigenvalue weighted by Gasteiger charge is -2.34. The van der Waals surface area contributed by atoms with Crippen molar-refractivity contribution in [3.05, 3.63) is 57.9 Å². The van der Waals surface area contributed by atoms with E-state index in [0.29, 0.717) is 38.3 Å². The van der Waals surface area contributed by atoms with E-state index in [4.69, 9.17) is 0 Å². The summed E-state index contributed by atoms with van der Waals surface area (Å²) in [5, 5.41) is 14.4. The van der Waals surface area contributed by atoms with Gasteiger partial charge in [0.1, 0.15) is 18.9 Å². The third-order valence-corrected chi connectivity index (χ3v) is 4.51. The average Bonchev–Trinajstić information content (AvgIpc) is 3.11. The molecule has 150 valence electrons. The van der Waals surface area contributed by atoms with E-state index < -0.39 is 16.7 Å². The van der Waals surface area contributed by atoms with E-state index >= 15 is 0 Å². The molecule has 0 radical (unpaired) electrons. The zero-order chi connectivity index (χ0) is 20.3. The molecule has 1 amide bonds. The first-order chi connectivity index (χ1) is 13.2. The molecule has 3 rings (SSSR count). The highest BCUT2D eigenvalue weighted by Gasteiger charge is 2.30. The summed E-state index contributed by atoms with van der Waals surface area (Å²) in [5.74, 6) is -0.211. The fraction of sp³-hybridized carbons (Fsp3) is 0.412. The maximum absolute atomic E-state index is 12.8. The van der Waals surface area contributed by atoms with E-state index in [1.54, 1.807) is 11.0 Å². The number of halogens is 3. The number of aromatic nitrogens is 2. The Kier molecular flexibility index (Phi) is 5.63. The SMILES string of the molecule is O=C(Cn1cc([N+](=O)[O-])cn1)N1CCN(Cc2cccc(C(F)(F)F)c2)CC1. The van der Waals surface area contributed by atoms with Crippen LogP contribution in [-0.2, 0) is 24.1 Å². The monoisotopic (exact) mass is 397 g/mol. The van der Waals surface area contributed by atoms with Gasteiger partial charge in [-0.25, -0.2) is 0 Å². The molecule has 0 aliphatic carbocycles. The summed E-state index contributed by atoms with van der Waals surface area (Å²) in [6.45, 7) is 2.20. The van der Waals surface area contributed by atoms with Crippen molar-refractivity contribution in [3.8, 4) is 0 Å². The maximum Gasteiger partial charge on any atom is 0.416 e. The van der Waals surface area contributed by atoms with E-state index in [2.05, 4.69) is 5.10 Å². The molecule has 1 saturated heterocycles. The van der Waals surface area contributed by atoms with Gasteiger partial charge in [-0.2, -0.15) is 18.3 Å². The second-order valence-corrected chi connectivity index (χ2v) is 6.51. The number of hydrogen-bond donors (Lipinski definition) is 0. The molecule has 0 unspecified atom stereocenters. The molecule has 1 aromatic heterocycles. The summed E-state index contributed by atoms with van der Waals surface area (Å²) < 4.78 is 39.6. The quantitative estimate of drug-likeness (QED) is 0.570. The molecule has 0 atom stereocenters. The van der Waals surface area contributed by atoms with Crippen LogP contribution in [0.1, 0.15) is 11.1 Å². The molecule has 11 heteroatoms. The van der Waals surface area contributed by atoms with Crippen molar-refractivity contribution in [3.63, 3.8) is 0 Å². The average molecular weight is 397 g/mol. The van der Waals surface area contributed by atoms with E-state index in [1.807, 2.05) is 4.90 Å². The van der Waals surface area contributed by atoms with Crippen LogP contribution >= 0.6 is 0 Å². The molecule has 1 aromatic carbocycles. The smallest absolute Gasteiger partial charge is 0.339 e. The van der Waals surface area contributed by atoms with Crippen LogP contribution in [0, 0.1) is 10.1 Å². The zero-order valence-corrected chi connectivity index (χ0v) is 14.8.